The largest absolute Gasteiger partial charge is 0.494 e. The maximum absolute atomic E-state index is 5.90. The van der Waals surface area contributed by atoms with Crippen LogP contribution in [0.25, 0.3) is 0 Å². The molecule has 4 heteroatoms. The van der Waals surface area contributed by atoms with Crippen LogP contribution in [0, 0.1) is 0 Å². The Bertz CT molecular complexity index is 802. The number of unbranched alkanes of at least 4 members (excludes halogenated alkanes) is 14. The number of hydrogen-bond acceptors (Lipinski definition) is 2. The van der Waals surface area contributed by atoms with Gasteiger partial charge >= 0.3 is 0 Å². The molecule has 0 unspecified atom stereocenters. The van der Waals surface area contributed by atoms with Gasteiger partial charge in [0.15, 0.2) is 0 Å². The molecule has 0 aliphatic rings. The minimum absolute atomic E-state index is 0.688. The quantitative estimate of drug-likeness (QED) is 0.102. The fraction of sp³-hybridized carbons (Fsp3) is 0.576. The molecule has 0 aliphatic carbocycles. The lowest BCUT2D eigenvalue weighted by Crippen LogP contribution is -1.96. The van der Waals surface area contributed by atoms with Crippen molar-refractivity contribution in [3.63, 3.8) is 0 Å². The van der Waals surface area contributed by atoms with E-state index in [-0.39, 0.29) is 0 Å². The zero-order valence-corrected chi connectivity index (χ0v) is 24.3. The van der Waals surface area contributed by atoms with E-state index in [0.717, 1.165) is 41.9 Å². The average Bonchev–Trinajstić information content (AvgIpc) is 2.91. The van der Waals surface area contributed by atoms with Crippen molar-refractivity contribution in [1.82, 2.24) is 0 Å². The first-order valence-electron chi connectivity index (χ1n) is 14.6. The molecule has 0 atom stereocenters. The highest BCUT2D eigenvalue weighted by Crippen LogP contribution is 2.16. The van der Waals surface area contributed by atoms with Crippen LogP contribution < -0.4 is 4.74 Å². The third kappa shape index (κ3) is 18.4. The summed E-state index contributed by atoms with van der Waals surface area (Å²) in [4.78, 5) is 0. The summed E-state index contributed by atoms with van der Waals surface area (Å²) in [5.41, 5.74) is 1.19. The van der Waals surface area contributed by atoms with Crippen LogP contribution in [-0.4, -0.2) is 13.2 Å². The molecule has 2 nitrogen and oxygen atoms in total. The van der Waals surface area contributed by atoms with Crippen LogP contribution in [0.2, 0.25) is 10.0 Å². The third-order valence-electron chi connectivity index (χ3n) is 6.61. The molecule has 0 heterocycles. The second-order valence-electron chi connectivity index (χ2n) is 9.98. The molecule has 2 rings (SSSR count). The molecule has 0 saturated carbocycles. The summed E-state index contributed by atoms with van der Waals surface area (Å²) in [6.45, 7) is 2.34. The van der Waals surface area contributed by atoms with Gasteiger partial charge in [0.1, 0.15) is 5.75 Å². The van der Waals surface area contributed by atoms with Crippen molar-refractivity contribution < 1.29 is 9.47 Å². The van der Waals surface area contributed by atoms with E-state index in [2.05, 4.69) is 12.2 Å². The first-order chi connectivity index (χ1) is 18.2. The van der Waals surface area contributed by atoms with E-state index in [9.17, 15) is 0 Å². The smallest absolute Gasteiger partial charge is 0.119 e. The van der Waals surface area contributed by atoms with Gasteiger partial charge in [0.05, 0.1) is 13.2 Å². The minimum Gasteiger partial charge on any atom is -0.494 e. The molecule has 0 bridgehead atoms. The van der Waals surface area contributed by atoms with Gasteiger partial charge in [-0.2, -0.15) is 0 Å². The van der Waals surface area contributed by atoms with Crippen LogP contribution >= 0.6 is 23.2 Å². The highest BCUT2D eigenvalue weighted by atomic mass is 35.5. The zero-order chi connectivity index (χ0) is 26.2. The summed E-state index contributed by atoms with van der Waals surface area (Å²) in [7, 11) is 0. The van der Waals surface area contributed by atoms with Crippen molar-refractivity contribution in [3.8, 4) is 5.75 Å². The average molecular weight is 548 g/mol. The lowest BCUT2D eigenvalue weighted by Gasteiger charge is -2.06. The SMILES string of the molecule is Clc1ccc(COCCCCCCCCCC=CCCCCCCCCCOc2ccc(Cl)cc2)cc1. The molecule has 2 aromatic carbocycles. The van der Waals surface area contributed by atoms with Crippen LogP contribution in [0.4, 0.5) is 0 Å². The van der Waals surface area contributed by atoms with E-state index < -0.39 is 0 Å². The summed E-state index contributed by atoms with van der Waals surface area (Å²) in [5.74, 6) is 0.914. The molecule has 206 valence electrons. The Morgan fingerprint density at radius 3 is 1.46 bits per heavy atom. The lowest BCUT2D eigenvalue weighted by atomic mass is 10.1. The summed E-state index contributed by atoms with van der Waals surface area (Å²) in [5, 5.41) is 1.53. The van der Waals surface area contributed by atoms with Crippen molar-refractivity contribution >= 4 is 23.2 Å². The van der Waals surface area contributed by atoms with Crippen molar-refractivity contribution in [2.24, 2.45) is 0 Å². The van der Waals surface area contributed by atoms with Gasteiger partial charge < -0.3 is 9.47 Å². The Labute approximate surface area is 236 Å². The lowest BCUT2D eigenvalue weighted by molar-refractivity contribution is 0.116. The number of halogens is 2. The van der Waals surface area contributed by atoms with E-state index in [1.165, 1.54) is 95.5 Å². The monoisotopic (exact) mass is 546 g/mol. The third-order valence-corrected chi connectivity index (χ3v) is 7.11. The Morgan fingerprint density at radius 2 is 0.919 bits per heavy atom. The highest BCUT2D eigenvalue weighted by Gasteiger charge is 1.97. The van der Waals surface area contributed by atoms with Gasteiger partial charge in [-0.3, -0.25) is 0 Å². The van der Waals surface area contributed by atoms with Crippen molar-refractivity contribution in [3.05, 3.63) is 76.3 Å². The molecule has 0 aliphatic heterocycles. The van der Waals surface area contributed by atoms with Crippen LogP contribution in [0.15, 0.2) is 60.7 Å². The Balaban J connectivity index is 1.23. The minimum atomic E-state index is 0.688. The second kappa shape index (κ2) is 22.5. The maximum Gasteiger partial charge on any atom is 0.119 e. The summed E-state index contributed by atoms with van der Waals surface area (Å²) < 4.78 is 11.5. The van der Waals surface area contributed by atoms with Gasteiger partial charge in [0.2, 0.25) is 0 Å². The Hall–Kier alpha value is -1.48. The van der Waals surface area contributed by atoms with E-state index in [1.54, 1.807) is 0 Å². The van der Waals surface area contributed by atoms with Crippen LogP contribution in [0.3, 0.4) is 0 Å². The predicted molar refractivity (Wildman–Crippen MR) is 161 cm³/mol. The fourth-order valence-corrected chi connectivity index (χ4v) is 4.58. The van der Waals surface area contributed by atoms with Gasteiger partial charge in [0, 0.05) is 16.7 Å². The van der Waals surface area contributed by atoms with Crippen LogP contribution in [0.5, 0.6) is 5.75 Å². The highest BCUT2D eigenvalue weighted by molar-refractivity contribution is 6.30. The molecule has 0 amide bonds. The molecule has 37 heavy (non-hydrogen) atoms. The van der Waals surface area contributed by atoms with Crippen LogP contribution in [0.1, 0.15) is 108 Å². The zero-order valence-electron chi connectivity index (χ0n) is 22.8. The van der Waals surface area contributed by atoms with Crippen molar-refractivity contribution in [2.45, 2.75) is 109 Å². The summed E-state index contributed by atoms with van der Waals surface area (Å²) in [6, 6.07) is 15.5. The van der Waals surface area contributed by atoms with E-state index in [1.807, 2.05) is 48.5 Å². The van der Waals surface area contributed by atoms with Crippen molar-refractivity contribution in [2.75, 3.05) is 13.2 Å². The van der Waals surface area contributed by atoms with E-state index in [0.29, 0.717) is 6.61 Å². The van der Waals surface area contributed by atoms with Gasteiger partial charge in [-0.05, 0) is 80.5 Å². The fourth-order valence-electron chi connectivity index (χ4n) is 4.33. The van der Waals surface area contributed by atoms with Gasteiger partial charge in [0.25, 0.3) is 0 Å². The molecule has 0 aromatic heterocycles. The molecule has 0 saturated heterocycles. The number of ether oxygens (including phenoxy) is 2. The molecule has 0 fully saturated rings. The first kappa shape index (κ1) is 31.7. The molecule has 2 aromatic rings. The topological polar surface area (TPSA) is 18.5 Å². The summed E-state index contributed by atoms with van der Waals surface area (Å²) in [6.07, 6.45) is 25.6. The van der Waals surface area contributed by atoms with Gasteiger partial charge in [-0.15, -0.1) is 0 Å². The molecular weight excluding hydrogens is 499 g/mol. The summed E-state index contributed by atoms with van der Waals surface area (Å²) >= 11 is 11.8. The van der Waals surface area contributed by atoms with Crippen LogP contribution in [-0.2, 0) is 11.3 Å². The molecular formula is C33H48Cl2O2. The van der Waals surface area contributed by atoms with Crippen molar-refractivity contribution in [1.29, 1.82) is 0 Å². The van der Waals surface area contributed by atoms with Gasteiger partial charge in [-0.25, -0.2) is 0 Å². The molecule has 0 N–H and O–H groups in total. The number of benzene rings is 2. The first-order valence-corrected chi connectivity index (χ1v) is 15.4. The second-order valence-corrected chi connectivity index (χ2v) is 10.9. The number of rotatable bonds is 23. The number of allylic oxidation sites excluding steroid dienone is 2. The van der Waals surface area contributed by atoms with Gasteiger partial charge in [-0.1, -0.05) is 112 Å². The molecule has 0 spiro atoms. The Kier molecular flexibility index (Phi) is 19.3. The standard InChI is InChI=1S/C33H48Cl2O2/c34-31-21-19-30(20-22-31)29-36-27-17-15-13-11-9-7-5-3-1-2-4-6-8-10-12-14-16-18-28-37-33-25-23-32(35)24-26-33/h1-2,19-26H,3-18,27-29H2. The van der Waals surface area contributed by atoms with E-state index in [4.69, 9.17) is 32.7 Å². The normalized spacial score (nSPS) is 11.4. The maximum atomic E-state index is 5.90. The predicted octanol–water partition coefficient (Wildman–Crippen LogP) is 11.4. The number of hydrogen-bond donors (Lipinski definition) is 0. The van der Waals surface area contributed by atoms with E-state index >= 15 is 0 Å². The molecule has 0 radical (unpaired) electrons. The Morgan fingerprint density at radius 1 is 0.486 bits per heavy atom.